The Morgan fingerprint density at radius 2 is 2.06 bits per heavy atom. The number of halogens is 4. The second-order valence-electron chi connectivity index (χ2n) is 6.96. The fraction of sp³-hybridized carbons (Fsp3) is 0.263. The van der Waals surface area contributed by atoms with E-state index < -0.39 is 36.9 Å². The standard InChI is InChI=1S/C19H17F4N7O/c20-8-19(9-29-6-4-25-17(29)16(24)27-19)11-1-2-12(15(22)23)14(7-11)26-18(31)13-3-5-30(10-21)28-13/h1-7,15H,8-10H2,(H2,24,27)(H,26,31). The minimum absolute atomic E-state index is 0.00850. The molecule has 4 rings (SSSR count). The normalized spacial score (nSPS) is 18.0. The number of aliphatic imine (C=N–C) groups is 1. The first-order valence-electron chi connectivity index (χ1n) is 9.13. The zero-order chi connectivity index (χ0) is 22.2. The molecule has 12 heteroatoms. The number of anilines is 1. The predicted molar refractivity (Wildman–Crippen MR) is 103 cm³/mol. The number of nitrogens with two attached hydrogens (primary N) is 1. The number of benzene rings is 1. The molecule has 0 bridgehead atoms. The van der Waals surface area contributed by atoms with Gasteiger partial charge in [0.2, 0.25) is 0 Å². The van der Waals surface area contributed by atoms with Crippen molar-refractivity contribution in [2.45, 2.75) is 25.3 Å². The van der Waals surface area contributed by atoms with Crippen LogP contribution >= 0.6 is 0 Å². The van der Waals surface area contributed by atoms with Gasteiger partial charge in [0.05, 0.1) is 12.2 Å². The van der Waals surface area contributed by atoms with E-state index in [9.17, 15) is 22.4 Å². The molecule has 2 aromatic heterocycles. The maximum Gasteiger partial charge on any atom is 0.276 e. The van der Waals surface area contributed by atoms with Gasteiger partial charge in [-0.15, -0.1) is 0 Å². The van der Waals surface area contributed by atoms with Crippen LogP contribution < -0.4 is 11.1 Å². The van der Waals surface area contributed by atoms with Gasteiger partial charge in [-0.1, -0.05) is 12.1 Å². The number of alkyl halides is 4. The summed E-state index contributed by atoms with van der Waals surface area (Å²) < 4.78 is 56.5. The summed E-state index contributed by atoms with van der Waals surface area (Å²) in [7, 11) is 0. The number of hydrogen-bond donors (Lipinski definition) is 2. The molecule has 0 saturated carbocycles. The minimum Gasteiger partial charge on any atom is -0.381 e. The summed E-state index contributed by atoms with van der Waals surface area (Å²) in [6.07, 6.45) is 1.43. The Labute approximate surface area is 173 Å². The number of amidine groups is 1. The molecule has 1 aliphatic rings. The van der Waals surface area contributed by atoms with E-state index in [-0.39, 0.29) is 29.3 Å². The Hall–Kier alpha value is -3.70. The summed E-state index contributed by atoms with van der Waals surface area (Å²) in [5.74, 6) is -0.427. The zero-order valence-corrected chi connectivity index (χ0v) is 16.0. The number of nitrogens with zero attached hydrogens (tertiary/aromatic N) is 5. The summed E-state index contributed by atoms with van der Waals surface area (Å²) >= 11 is 0. The van der Waals surface area contributed by atoms with Crippen LogP contribution in [0.5, 0.6) is 0 Å². The molecule has 0 saturated heterocycles. The van der Waals surface area contributed by atoms with E-state index in [0.717, 1.165) is 10.7 Å². The molecular formula is C19H17F4N7O. The summed E-state index contributed by atoms with van der Waals surface area (Å²) in [4.78, 5) is 20.8. The van der Waals surface area contributed by atoms with Crippen LogP contribution in [0.15, 0.2) is 47.8 Å². The van der Waals surface area contributed by atoms with Crippen LogP contribution in [-0.4, -0.2) is 37.7 Å². The third-order valence-electron chi connectivity index (χ3n) is 5.00. The molecule has 31 heavy (non-hydrogen) atoms. The van der Waals surface area contributed by atoms with E-state index >= 15 is 0 Å². The van der Waals surface area contributed by atoms with Crippen molar-refractivity contribution in [3.8, 4) is 0 Å². The highest BCUT2D eigenvalue weighted by molar-refractivity contribution is 6.03. The fourth-order valence-corrected chi connectivity index (χ4v) is 3.45. The van der Waals surface area contributed by atoms with Crippen molar-refractivity contribution in [1.82, 2.24) is 19.3 Å². The largest absolute Gasteiger partial charge is 0.381 e. The first kappa shape index (κ1) is 20.6. The Kier molecular flexibility index (Phi) is 5.21. The molecule has 1 unspecified atom stereocenters. The lowest BCUT2D eigenvalue weighted by molar-refractivity contribution is 0.102. The first-order chi connectivity index (χ1) is 14.9. The van der Waals surface area contributed by atoms with Gasteiger partial charge in [-0.25, -0.2) is 32.2 Å². The Morgan fingerprint density at radius 3 is 2.74 bits per heavy atom. The van der Waals surface area contributed by atoms with Gasteiger partial charge in [0.15, 0.2) is 24.2 Å². The molecule has 8 nitrogen and oxygen atoms in total. The third-order valence-corrected chi connectivity index (χ3v) is 5.00. The summed E-state index contributed by atoms with van der Waals surface area (Å²) in [5, 5.41) is 6.06. The number of amides is 1. The van der Waals surface area contributed by atoms with Crippen molar-refractivity contribution in [2.24, 2.45) is 10.7 Å². The van der Waals surface area contributed by atoms with E-state index in [1.54, 1.807) is 10.8 Å². The van der Waals surface area contributed by atoms with Gasteiger partial charge in [-0.2, -0.15) is 5.10 Å². The van der Waals surface area contributed by atoms with E-state index in [0.29, 0.717) is 5.82 Å². The van der Waals surface area contributed by atoms with Crippen LogP contribution in [0.1, 0.15) is 33.9 Å². The number of carbonyl (C=O) groups is 1. The molecule has 3 aromatic rings. The van der Waals surface area contributed by atoms with Gasteiger partial charge in [0, 0.05) is 24.2 Å². The van der Waals surface area contributed by atoms with Crippen molar-refractivity contribution in [2.75, 3.05) is 12.0 Å². The molecule has 0 radical (unpaired) electrons. The van der Waals surface area contributed by atoms with E-state index in [1.807, 2.05) is 0 Å². The molecule has 0 spiro atoms. The van der Waals surface area contributed by atoms with E-state index in [1.165, 1.54) is 30.6 Å². The lowest BCUT2D eigenvalue weighted by Gasteiger charge is -2.32. The number of aromatic nitrogens is 4. The van der Waals surface area contributed by atoms with Crippen LogP contribution in [0.4, 0.5) is 23.2 Å². The second-order valence-corrected chi connectivity index (χ2v) is 6.96. The Bertz CT molecular complexity index is 1160. The number of hydrogen-bond acceptors (Lipinski definition) is 5. The molecule has 162 valence electrons. The van der Waals surface area contributed by atoms with Gasteiger partial charge < -0.3 is 15.6 Å². The number of fused-ring (bicyclic) bond motifs is 1. The molecule has 3 N–H and O–H groups in total. The molecule has 0 aliphatic carbocycles. The predicted octanol–water partition coefficient (Wildman–Crippen LogP) is 2.78. The summed E-state index contributed by atoms with van der Waals surface area (Å²) in [6, 6.07) is 4.91. The van der Waals surface area contributed by atoms with Crippen molar-refractivity contribution in [1.29, 1.82) is 0 Å². The molecule has 1 atom stereocenters. The molecular weight excluding hydrogens is 418 g/mol. The van der Waals surface area contributed by atoms with Crippen LogP contribution in [0.25, 0.3) is 0 Å². The third kappa shape index (κ3) is 3.64. The first-order valence-corrected chi connectivity index (χ1v) is 9.13. The van der Waals surface area contributed by atoms with E-state index in [2.05, 4.69) is 20.4 Å². The molecule has 3 heterocycles. The number of carbonyl (C=O) groups excluding carboxylic acids is 1. The fourth-order valence-electron chi connectivity index (χ4n) is 3.45. The number of imidazole rings is 1. The van der Waals surface area contributed by atoms with Crippen LogP contribution in [0, 0.1) is 0 Å². The van der Waals surface area contributed by atoms with Crippen molar-refractivity contribution in [3.05, 3.63) is 65.5 Å². The highest BCUT2D eigenvalue weighted by Crippen LogP contribution is 2.37. The van der Waals surface area contributed by atoms with Crippen molar-refractivity contribution >= 4 is 17.4 Å². The van der Waals surface area contributed by atoms with Crippen molar-refractivity contribution in [3.63, 3.8) is 0 Å². The molecule has 1 aliphatic heterocycles. The lowest BCUT2D eigenvalue weighted by Crippen LogP contribution is -2.40. The van der Waals surface area contributed by atoms with Crippen LogP contribution in [-0.2, 0) is 18.9 Å². The number of nitrogens with one attached hydrogen (secondary N) is 1. The monoisotopic (exact) mass is 435 g/mol. The highest BCUT2D eigenvalue weighted by Gasteiger charge is 2.38. The minimum atomic E-state index is -2.91. The average molecular weight is 435 g/mol. The Balaban J connectivity index is 1.73. The maximum absolute atomic E-state index is 14.3. The zero-order valence-electron chi connectivity index (χ0n) is 16.0. The van der Waals surface area contributed by atoms with Crippen LogP contribution in [0.3, 0.4) is 0 Å². The molecule has 0 fully saturated rings. The second kappa shape index (κ2) is 7.85. The van der Waals surface area contributed by atoms with Gasteiger partial charge in [-0.05, 0) is 17.7 Å². The van der Waals surface area contributed by atoms with Gasteiger partial charge in [0.25, 0.3) is 12.3 Å². The van der Waals surface area contributed by atoms with Gasteiger partial charge in [-0.3, -0.25) is 4.79 Å². The van der Waals surface area contributed by atoms with Crippen LogP contribution in [0.2, 0.25) is 0 Å². The number of rotatable bonds is 6. The van der Waals surface area contributed by atoms with Gasteiger partial charge in [0.1, 0.15) is 12.2 Å². The average Bonchev–Trinajstić information content (AvgIpc) is 3.43. The maximum atomic E-state index is 14.3. The summed E-state index contributed by atoms with van der Waals surface area (Å²) in [5.41, 5.74) is 3.84. The summed E-state index contributed by atoms with van der Waals surface area (Å²) in [6.45, 7) is -1.87. The highest BCUT2D eigenvalue weighted by atomic mass is 19.3. The topological polar surface area (TPSA) is 103 Å². The molecule has 1 aromatic carbocycles. The van der Waals surface area contributed by atoms with E-state index in [4.69, 9.17) is 5.73 Å². The quantitative estimate of drug-likeness (QED) is 0.581. The van der Waals surface area contributed by atoms with Gasteiger partial charge >= 0.3 is 0 Å². The molecule has 1 amide bonds. The lowest BCUT2D eigenvalue weighted by atomic mass is 9.89. The smallest absolute Gasteiger partial charge is 0.276 e. The SMILES string of the molecule is NC1=NC(CF)(c2ccc(C(F)F)c(NC(=O)c3ccn(CF)n3)c2)Cn2ccnc21. The Morgan fingerprint density at radius 1 is 1.26 bits per heavy atom. The van der Waals surface area contributed by atoms with Crippen molar-refractivity contribution < 1.29 is 22.4 Å².